The molecule has 102 valence electrons. The molecule has 1 rings (SSSR count). The normalized spacial score (nSPS) is 12.6. The van der Waals surface area contributed by atoms with Gasteiger partial charge in [0.15, 0.2) is 0 Å². The van der Waals surface area contributed by atoms with Crippen LogP contribution in [0.2, 0.25) is 0 Å². The summed E-state index contributed by atoms with van der Waals surface area (Å²) in [5, 5.41) is 0. The van der Waals surface area contributed by atoms with Crippen molar-refractivity contribution in [3.05, 3.63) is 33.4 Å². The van der Waals surface area contributed by atoms with Crippen LogP contribution in [0.25, 0.3) is 0 Å². The van der Waals surface area contributed by atoms with Crippen LogP contribution in [-0.2, 0) is 9.47 Å². The van der Waals surface area contributed by atoms with Crippen LogP contribution in [0.5, 0.6) is 0 Å². The molecule has 0 saturated carbocycles. The second-order valence-electron chi connectivity index (χ2n) is 4.43. The lowest BCUT2D eigenvalue weighted by Crippen LogP contribution is -2.08. The number of unbranched alkanes of at least 4 members (excludes halogenated alkanes) is 3. The average Bonchev–Trinajstić information content (AvgIpc) is 2.39. The van der Waals surface area contributed by atoms with Crippen molar-refractivity contribution < 1.29 is 9.47 Å². The van der Waals surface area contributed by atoms with E-state index in [9.17, 15) is 0 Å². The molecular weight excluding hydrogens is 339 g/mol. The van der Waals surface area contributed by atoms with Crippen LogP contribution < -0.4 is 0 Å². The first-order valence-electron chi connectivity index (χ1n) is 6.64. The molecule has 0 saturated heterocycles. The molecule has 0 spiro atoms. The molecule has 0 heterocycles. The van der Waals surface area contributed by atoms with Gasteiger partial charge in [0.05, 0.1) is 6.10 Å². The van der Waals surface area contributed by atoms with Gasteiger partial charge in [-0.1, -0.05) is 50.8 Å². The zero-order valence-corrected chi connectivity index (χ0v) is 13.5. The summed E-state index contributed by atoms with van der Waals surface area (Å²) < 4.78 is 12.1. The minimum atomic E-state index is 0.162. The van der Waals surface area contributed by atoms with Gasteiger partial charge in [-0.3, -0.25) is 0 Å². The largest absolute Gasteiger partial charge is 0.359 e. The summed E-state index contributed by atoms with van der Waals surface area (Å²) in [5.41, 5.74) is 1.28. The molecule has 1 aromatic carbocycles. The first kappa shape index (κ1) is 15.9. The van der Waals surface area contributed by atoms with Gasteiger partial charge in [0.2, 0.25) is 0 Å². The van der Waals surface area contributed by atoms with Gasteiger partial charge in [-0.05, 0) is 40.6 Å². The standard InChI is InChI=1S/C15H23IO2/c1-3-4-5-6-11-15(18-12-17-2)13-9-7-8-10-14(13)16/h7-10,15H,3-6,11-12H2,1-2H3/t15-/m0/s1. The summed E-state index contributed by atoms with van der Waals surface area (Å²) in [6.45, 7) is 2.60. The third-order valence-electron chi connectivity index (χ3n) is 2.96. The molecule has 0 radical (unpaired) electrons. The lowest BCUT2D eigenvalue weighted by Gasteiger charge is -2.19. The Kier molecular flexibility index (Phi) is 8.63. The highest BCUT2D eigenvalue weighted by Gasteiger charge is 2.14. The van der Waals surface area contributed by atoms with Crippen molar-refractivity contribution in [2.75, 3.05) is 13.9 Å². The van der Waals surface area contributed by atoms with E-state index in [1.54, 1.807) is 7.11 Å². The molecule has 1 aromatic rings. The maximum absolute atomic E-state index is 5.81. The van der Waals surface area contributed by atoms with E-state index in [2.05, 4.69) is 53.8 Å². The Hall–Kier alpha value is -0.130. The molecule has 0 aromatic heterocycles. The monoisotopic (exact) mass is 362 g/mol. The predicted molar refractivity (Wildman–Crippen MR) is 83.6 cm³/mol. The maximum atomic E-state index is 5.81. The van der Waals surface area contributed by atoms with Gasteiger partial charge < -0.3 is 9.47 Å². The number of ether oxygens (including phenoxy) is 2. The molecule has 3 heteroatoms. The molecule has 0 fully saturated rings. The molecule has 2 nitrogen and oxygen atoms in total. The highest BCUT2D eigenvalue weighted by atomic mass is 127. The van der Waals surface area contributed by atoms with E-state index in [1.807, 2.05) is 0 Å². The smallest absolute Gasteiger partial charge is 0.147 e. The van der Waals surface area contributed by atoms with Crippen LogP contribution in [0.1, 0.15) is 50.7 Å². The van der Waals surface area contributed by atoms with Crippen LogP contribution >= 0.6 is 22.6 Å². The van der Waals surface area contributed by atoms with Crippen LogP contribution in [0.15, 0.2) is 24.3 Å². The summed E-state index contributed by atoms with van der Waals surface area (Å²) in [6.07, 6.45) is 6.31. The molecular formula is C15H23IO2. The number of halogens is 1. The van der Waals surface area contributed by atoms with E-state index in [0.717, 1.165) is 6.42 Å². The Balaban J connectivity index is 2.57. The first-order chi connectivity index (χ1) is 8.79. The molecule has 0 bridgehead atoms. The van der Waals surface area contributed by atoms with Gasteiger partial charge in [-0.15, -0.1) is 0 Å². The van der Waals surface area contributed by atoms with Crippen molar-refractivity contribution in [1.29, 1.82) is 0 Å². The fraction of sp³-hybridized carbons (Fsp3) is 0.600. The van der Waals surface area contributed by atoms with Crippen molar-refractivity contribution in [3.8, 4) is 0 Å². The summed E-state index contributed by atoms with van der Waals surface area (Å²) in [5.74, 6) is 0. The summed E-state index contributed by atoms with van der Waals surface area (Å²) in [7, 11) is 1.67. The van der Waals surface area contributed by atoms with Gasteiger partial charge in [-0.25, -0.2) is 0 Å². The van der Waals surface area contributed by atoms with Gasteiger partial charge in [0.25, 0.3) is 0 Å². The fourth-order valence-electron chi connectivity index (χ4n) is 1.97. The Labute approximate surface area is 124 Å². The van der Waals surface area contributed by atoms with Crippen LogP contribution in [-0.4, -0.2) is 13.9 Å². The topological polar surface area (TPSA) is 18.5 Å². The van der Waals surface area contributed by atoms with Crippen molar-refractivity contribution in [2.24, 2.45) is 0 Å². The summed E-state index contributed by atoms with van der Waals surface area (Å²) in [6, 6.07) is 8.43. The highest BCUT2D eigenvalue weighted by molar-refractivity contribution is 14.1. The Morgan fingerprint density at radius 3 is 2.61 bits per heavy atom. The predicted octanol–water partition coefficient (Wildman–Crippen LogP) is 4.92. The first-order valence-corrected chi connectivity index (χ1v) is 7.72. The van der Waals surface area contributed by atoms with Gasteiger partial charge in [0.1, 0.15) is 6.79 Å². The number of hydrogen-bond acceptors (Lipinski definition) is 2. The molecule has 0 N–H and O–H groups in total. The van der Waals surface area contributed by atoms with E-state index in [1.165, 1.54) is 34.8 Å². The zero-order valence-electron chi connectivity index (χ0n) is 11.3. The lowest BCUT2D eigenvalue weighted by atomic mass is 10.0. The Morgan fingerprint density at radius 2 is 1.94 bits per heavy atom. The maximum Gasteiger partial charge on any atom is 0.147 e. The fourth-order valence-corrected chi connectivity index (χ4v) is 2.71. The third-order valence-corrected chi connectivity index (χ3v) is 3.94. The van der Waals surface area contributed by atoms with Crippen LogP contribution in [0, 0.1) is 3.57 Å². The number of methoxy groups -OCH3 is 1. The van der Waals surface area contributed by atoms with E-state index in [-0.39, 0.29) is 6.10 Å². The van der Waals surface area contributed by atoms with E-state index in [0.29, 0.717) is 6.79 Å². The second-order valence-corrected chi connectivity index (χ2v) is 5.59. The van der Waals surface area contributed by atoms with Crippen molar-refractivity contribution in [1.82, 2.24) is 0 Å². The van der Waals surface area contributed by atoms with E-state index >= 15 is 0 Å². The van der Waals surface area contributed by atoms with Crippen molar-refractivity contribution in [3.63, 3.8) is 0 Å². The quantitative estimate of drug-likeness (QED) is 0.353. The van der Waals surface area contributed by atoms with Crippen molar-refractivity contribution >= 4 is 22.6 Å². The molecule has 0 aliphatic carbocycles. The lowest BCUT2D eigenvalue weighted by molar-refractivity contribution is -0.0767. The molecule has 0 unspecified atom stereocenters. The van der Waals surface area contributed by atoms with Crippen molar-refractivity contribution in [2.45, 2.75) is 45.1 Å². The summed E-state index contributed by atoms with van der Waals surface area (Å²) >= 11 is 2.37. The SMILES string of the molecule is CCCCCC[C@H](OCOC)c1ccccc1I. The average molecular weight is 362 g/mol. The van der Waals surface area contributed by atoms with Gasteiger partial charge in [-0.2, -0.15) is 0 Å². The minimum Gasteiger partial charge on any atom is -0.359 e. The molecule has 18 heavy (non-hydrogen) atoms. The van der Waals surface area contributed by atoms with Gasteiger partial charge >= 0.3 is 0 Å². The Bertz CT molecular complexity index is 328. The number of rotatable bonds is 9. The van der Waals surface area contributed by atoms with E-state index in [4.69, 9.17) is 9.47 Å². The molecule has 0 aliphatic rings. The Morgan fingerprint density at radius 1 is 1.17 bits per heavy atom. The van der Waals surface area contributed by atoms with Crippen LogP contribution in [0.3, 0.4) is 0 Å². The molecule has 0 aliphatic heterocycles. The van der Waals surface area contributed by atoms with Gasteiger partial charge in [0, 0.05) is 10.7 Å². The van der Waals surface area contributed by atoms with E-state index < -0.39 is 0 Å². The number of hydrogen-bond donors (Lipinski definition) is 0. The second kappa shape index (κ2) is 9.75. The summed E-state index contributed by atoms with van der Waals surface area (Å²) in [4.78, 5) is 0. The minimum absolute atomic E-state index is 0.162. The zero-order chi connectivity index (χ0) is 13.2. The number of benzene rings is 1. The molecule has 1 atom stereocenters. The third kappa shape index (κ3) is 5.67. The highest BCUT2D eigenvalue weighted by Crippen LogP contribution is 2.27. The molecule has 0 amide bonds. The van der Waals surface area contributed by atoms with Crippen LogP contribution in [0.4, 0.5) is 0 Å².